The molecular weight excluding hydrogens is 675 g/mol. The van der Waals surface area contributed by atoms with Crippen LogP contribution in [0.1, 0.15) is 65.5 Å². The van der Waals surface area contributed by atoms with Crippen molar-refractivity contribution < 1.29 is 0 Å². The minimum Gasteiger partial charge on any atom is -0.311 e. The SMILES string of the molecule is c1ccc2c(c1)-c1ccccc1C21c2ccccc2N2c3cccc4c3B(c3cccc1c32)c1cccc2c1N4c1ccccc1C21C2CC3CC(C2)CC1C3. The van der Waals surface area contributed by atoms with Gasteiger partial charge < -0.3 is 9.80 Å². The first-order valence-corrected chi connectivity index (χ1v) is 21.2. The highest BCUT2D eigenvalue weighted by Crippen LogP contribution is 2.70. The molecule has 4 aliphatic heterocycles. The van der Waals surface area contributed by atoms with E-state index in [0.29, 0.717) is 11.8 Å². The van der Waals surface area contributed by atoms with Crippen LogP contribution in [0.4, 0.5) is 34.1 Å². The van der Waals surface area contributed by atoms with Crippen LogP contribution in [0.25, 0.3) is 11.1 Å². The highest BCUT2D eigenvalue weighted by atomic mass is 15.2. The molecule has 4 fully saturated rings. The summed E-state index contributed by atoms with van der Waals surface area (Å²) in [7, 11) is 0. The molecule has 2 nitrogen and oxygen atoms in total. The number of anilines is 6. The smallest absolute Gasteiger partial charge is 0.252 e. The molecule has 0 aromatic heterocycles. The van der Waals surface area contributed by atoms with Crippen molar-refractivity contribution in [1.29, 1.82) is 0 Å². The average molecular weight is 715 g/mol. The summed E-state index contributed by atoms with van der Waals surface area (Å²) in [5.74, 6) is 3.26. The van der Waals surface area contributed by atoms with E-state index in [1.807, 2.05) is 0 Å². The van der Waals surface area contributed by atoms with E-state index < -0.39 is 5.41 Å². The van der Waals surface area contributed by atoms with Crippen molar-refractivity contribution in [1.82, 2.24) is 0 Å². The summed E-state index contributed by atoms with van der Waals surface area (Å²) in [6.45, 7) is 0.131. The Morgan fingerprint density at radius 1 is 0.393 bits per heavy atom. The van der Waals surface area contributed by atoms with E-state index in [1.165, 1.54) is 116 Å². The van der Waals surface area contributed by atoms with Crippen LogP contribution >= 0.6 is 0 Å². The lowest BCUT2D eigenvalue weighted by Gasteiger charge is -2.64. The lowest BCUT2D eigenvalue weighted by atomic mass is 9.32. The van der Waals surface area contributed by atoms with E-state index in [4.69, 9.17) is 0 Å². The molecule has 0 atom stereocenters. The molecule has 0 radical (unpaired) electrons. The Kier molecular flexibility index (Phi) is 5.14. The molecule has 5 aliphatic carbocycles. The zero-order chi connectivity index (χ0) is 36.1. The van der Waals surface area contributed by atoms with Gasteiger partial charge in [-0.25, -0.2) is 0 Å². The Morgan fingerprint density at radius 3 is 1.46 bits per heavy atom. The topological polar surface area (TPSA) is 6.48 Å². The molecule has 0 N–H and O–H groups in total. The molecule has 0 saturated heterocycles. The molecule has 4 saturated carbocycles. The fourth-order valence-electron chi connectivity index (χ4n) is 15.1. The van der Waals surface area contributed by atoms with Gasteiger partial charge >= 0.3 is 0 Å². The fourth-order valence-corrected chi connectivity index (χ4v) is 15.1. The Hall–Kier alpha value is -5.80. The van der Waals surface area contributed by atoms with Gasteiger partial charge in [-0.15, -0.1) is 0 Å². The van der Waals surface area contributed by atoms with Crippen molar-refractivity contribution in [2.24, 2.45) is 23.7 Å². The molecule has 9 aliphatic rings. The number of nitrogens with zero attached hydrogens (tertiary/aromatic N) is 2. The second kappa shape index (κ2) is 9.77. The van der Waals surface area contributed by atoms with E-state index in [9.17, 15) is 0 Å². The van der Waals surface area contributed by atoms with Gasteiger partial charge in [0.15, 0.2) is 0 Å². The monoisotopic (exact) mass is 714 g/mol. The third kappa shape index (κ3) is 3.03. The molecule has 3 heteroatoms. The number of hydrogen-bond acceptors (Lipinski definition) is 2. The highest BCUT2D eigenvalue weighted by molar-refractivity contribution is 7.00. The zero-order valence-electron chi connectivity index (χ0n) is 31.3. The first-order valence-electron chi connectivity index (χ1n) is 21.2. The minimum atomic E-state index is -0.416. The summed E-state index contributed by atoms with van der Waals surface area (Å²) in [5, 5.41) is 0. The van der Waals surface area contributed by atoms with Crippen LogP contribution < -0.4 is 26.2 Å². The van der Waals surface area contributed by atoms with E-state index in [1.54, 1.807) is 11.1 Å². The number of benzene rings is 7. The maximum Gasteiger partial charge on any atom is 0.252 e. The summed E-state index contributed by atoms with van der Waals surface area (Å²) in [6.07, 6.45) is 7.03. The van der Waals surface area contributed by atoms with Crippen molar-refractivity contribution >= 4 is 57.2 Å². The van der Waals surface area contributed by atoms with Crippen molar-refractivity contribution in [3.63, 3.8) is 0 Å². The van der Waals surface area contributed by atoms with Crippen molar-refractivity contribution in [2.45, 2.75) is 42.9 Å². The molecule has 7 aromatic carbocycles. The lowest BCUT2D eigenvalue weighted by Crippen LogP contribution is -2.64. The van der Waals surface area contributed by atoms with Crippen LogP contribution in [0.2, 0.25) is 0 Å². The average Bonchev–Trinajstić information content (AvgIpc) is 3.54. The molecule has 2 spiro atoms. The molecule has 0 amide bonds. The lowest BCUT2D eigenvalue weighted by molar-refractivity contribution is -0.0419. The molecule has 264 valence electrons. The van der Waals surface area contributed by atoms with E-state index >= 15 is 0 Å². The highest BCUT2D eigenvalue weighted by Gasteiger charge is 2.63. The maximum atomic E-state index is 2.72. The maximum absolute atomic E-state index is 2.72. The van der Waals surface area contributed by atoms with Crippen molar-refractivity contribution in [3.05, 3.63) is 185 Å². The third-order valence-corrected chi connectivity index (χ3v) is 16.4. The van der Waals surface area contributed by atoms with Crippen LogP contribution in [-0.4, -0.2) is 6.71 Å². The van der Waals surface area contributed by atoms with Crippen LogP contribution in [0.3, 0.4) is 0 Å². The predicted molar refractivity (Wildman–Crippen MR) is 229 cm³/mol. The van der Waals surface area contributed by atoms with Crippen LogP contribution in [-0.2, 0) is 10.8 Å². The van der Waals surface area contributed by atoms with Gasteiger partial charge in [-0.05, 0) is 141 Å². The second-order valence-electron chi connectivity index (χ2n) is 18.3. The fraction of sp³-hybridized carbons (Fsp3) is 0.208. The van der Waals surface area contributed by atoms with Gasteiger partial charge in [0, 0.05) is 28.2 Å². The van der Waals surface area contributed by atoms with E-state index in [2.05, 4.69) is 161 Å². The number of fused-ring (bicyclic) bond motifs is 15. The normalized spacial score (nSPS) is 26.0. The molecule has 16 rings (SSSR count). The predicted octanol–water partition coefficient (Wildman–Crippen LogP) is 10.5. The summed E-state index contributed by atoms with van der Waals surface area (Å²) >= 11 is 0. The van der Waals surface area contributed by atoms with Crippen molar-refractivity contribution in [2.75, 3.05) is 9.80 Å². The zero-order valence-corrected chi connectivity index (χ0v) is 31.3. The van der Waals surface area contributed by atoms with Gasteiger partial charge in [-0.3, -0.25) is 0 Å². The van der Waals surface area contributed by atoms with Crippen molar-refractivity contribution in [3.8, 4) is 11.1 Å². The van der Waals surface area contributed by atoms with Crippen LogP contribution in [0.5, 0.6) is 0 Å². The van der Waals surface area contributed by atoms with Crippen LogP contribution in [0.15, 0.2) is 152 Å². The molecular formula is C53H39BN2. The Morgan fingerprint density at radius 2 is 0.839 bits per heavy atom. The third-order valence-electron chi connectivity index (χ3n) is 16.4. The first-order chi connectivity index (χ1) is 27.8. The molecule has 0 unspecified atom stereocenters. The summed E-state index contributed by atoms with van der Waals surface area (Å²) in [6, 6.07) is 59.5. The van der Waals surface area contributed by atoms with Gasteiger partial charge in [0.2, 0.25) is 0 Å². The quantitative estimate of drug-likeness (QED) is 0.144. The van der Waals surface area contributed by atoms with Gasteiger partial charge in [0.25, 0.3) is 6.71 Å². The Balaban J connectivity index is 1.06. The first kappa shape index (κ1) is 29.5. The number of rotatable bonds is 0. The summed E-state index contributed by atoms with van der Waals surface area (Å²) in [5.41, 5.74) is 23.7. The molecule has 7 aromatic rings. The Labute approximate surface area is 328 Å². The van der Waals surface area contributed by atoms with Gasteiger partial charge in [-0.2, -0.15) is 0 Å². The standard InChI is InChI=1S/C53H39BN2/c1-3-14-37-35(12-1)36-13-2-4-15-38(36)53(37)40-17-6-8-23-46(40)56-48-25-11-24-47-49(48)54(44-21-10-19-42(53)51(44)56)43-20-9-18-41-50(43)55(47)45-22-7-5-16-39(45)52(41)33-27-31-26-32(29-33)30-34(52)28-31/h1-25,31-34H,26-30H2. The molecule has 56 heavy (non-hydrogen) atoms. The molecule has 4 heterocycles. The second-order valence-corrected chi connectivity index (χ2v) is 18.3. The number of hydrogen-bond donors (Lipinski definition) is 0. The van der Waals surface area contributed by atoms with E-state index in [0.717, 1.165) is 11.8 Å². The molecule has 4 bridgehead atoms. The Bertz CT molecular complexity index is 2870. The summed E-state index contributed by atoms with van der Waals surface area (Å²) in [4.78, 5) is 5.38. The van der Waals surface area contributed by atoms with Gasteiger partial charge in [-0.1, -0.05) is 127 Å². The largest absolute Gasteiger partial charge is 0.311 e. The van der Waals surface area contributed by atoms with Gasteiger partial charge in [0.05, 0.1) is 16.8 Å². The summed E-state index contributed by atoms with van der Waals surface area (Å²) < 4.78 is 0. The van der Waals surface area contributed by atoms with Gasteiger partial charge in [0.1, 0.15) is 0 Å². The van der Waals surface area contributed by atoms with Crippen LogP contribution in [0, 0.1) is 23.7 Å². The minimum absolute atomic E-state index is 0.0814. The van der Waals surface area contributed by atoms with E-state index in [-0.39, 0.29) is 12.1 Å². The number of para-hydroxylation sites is 4.